The standard InChI is InChI=1S/C18H21NO2/c1-16(20)21-14-8-13-19(18-11-6-3-7-12-18)15-17-9-4-2-5-10-17/h2-7,9-12H,8,13-15H2,1H3. The van der Waals surface area contributed by atoms with Gasteiger partial charge in [0.1, 0.15) is 0 Å². The summed E-state index contributed by atoms with van der Waals surface area (Å²) in [5.74, 6) is -0.218. The third kappa shape index (κ3) is 5.30. The first-order chi connectivity index (χ1) is 10.3. The van der Waals surface area contributed by atoms with Gasteiger partial charge in [-0.3, -0.25) is 4.79 Å². The minimum absolute atomic E-state index is 0.218. The number of carbonyl (C=O) groups excluding carboxylic acids is 1. The van der Waals surface area contributed by atoms with Crippen molar-refractivity contribution in [3.05, 3.63) is 66.2 Å². The van der Waals surface area contributed by atoms with Crippen molar-refractivity contribution < 1.29 is 9.53 Å². The highest BCUT2D eigenvalue weighted by molar-refractivity contribution is 5.65. The van der Waals surface area contributed by atoms with Gasteiger partial charge in [-0.1, -0.05) is 48.5 Å². The minimum Gasteiger partial charge on any atom is -0.466 e. The van der Waals surface area contributed by atoms with Crippen molar-refractivity contribution in [1.29, 1.82) is 0 Å². The first kappa shape index (κ1) is 15.1. The molecule has 0 saturated heterocycles. The van der Waals surface area contributed by atoms with Crippen LogP contribution in [0.1, 0.15) is 18.9 Å². The summed E-state index contributed by atoms with van der Waals surface area (Å²) in [6.07, 6.45) is 0.821. The summed E-state index contributed by atoms with van der Waals surface area (Å²) in [5.41, 5.74) is 2.46. The predicted molar refractivity (Wildman–Crippen MR) is 85.2 cm³/mol. The van der Waals surface area contributed by atoms with Crippen LogP contribution < -0.4 is 4.90 Å². The lowest BCUT2D eigenvalue weighted by Crippen LogP contribution is -2.25. The van der Waals surface area contributed by atoms with Crippen molar-refractivity contribution in [2.24, 2.45) is 0 Å². The van der Waals surface area contributed by atoms with Gasteiger partial charge in [0.25, 0.3) is 0 Å². The quantitative estimate of drug-likeness (QED) is 0.574. The summed E-state index contributed by atoms with van der Waals surface area (Å²) in [7, 11) is 0. The van der Waals surface area contributed by atoms with E-state index in [-0.39, 0.29) is 5.97 Å². The average molecular weight is 283 g/mol. The lowest BCUT2D eigenvalue weighted by atomic mass is 10.2. The van der Waals surface area contributed by atoms with E-state index in [0.29, 0.717) is 6.61 Å². The zero-order chi connectivity index (χ0) is 14.9. The van der Waals surface area contributed by atoms with Crippen molar-refractivity contribution >= 4 is 11.7 Å². The summed E-state index contributed by atoms with van der Waals surface area (Å²) < 4.78 is 5.01. The summed E-state index contributed by atoms with van der Waals surface area (Å²) >= 11 is 0. The van der Waals surface area contributed by atoms with Gasteiger partial charge in [0, 0.05) is 25.7 Å². The monoisotopic (exact) mass is 283 g/mol. The number of anilines is 1. The van der Waals surface area contributed by atoms with Gasteiger partial charge in [-0.15, -0.1) is 0 Å². The van der Waals surface area contributed by atoms with Gasteiger partial charge in [0.05, 0.1) is 6.61 Å². The van der Waals surface area contributed by atoms with Gasteiger partial charge in [0.15, 0.2) is 0 Å². The molecule has 2 aromatic rings. The Morgan fingerprint density at radius 1 is 1.00 bits per heavy atom. The second-order valence-electron chi connectivity index (χ2n) is 4.94. The van der Waals surface area contributed by atoms with Crippen LogP contribution in [-0.2, 0) is 16.1 Å². The molecule has 2 aromatic carbocycles. The molecule has 3 heteroatoms. The molecule has 3 nitrogen and oxygen atoms in total. The molecular formula is C18H21NO2. The molecule has 0 spiro atoms. The van der Waals surface area contributed by atoms with Crippen LogP contribution in [0.4, 0.5) is 5.69 Å². The average Bonchev–Trinajstić information content (AvgIpc) is 2.52. The Kier molecular flexibility index (Phi) is 5.83. The molecule has 0 aliphatic carbocycles. The lowest BCUT2D eigenvalue weighted by molar-refractivity contribution is -0.140. The summed E-state index contributed by atoms with van der Waals surface area (Å²) in [6.45, 7) is 3.61. The lowest BCUT2D eigenvalue weighted by Gasteiger charge is -2.25. The van der Waals surface area contributed by atoms with Crippen LogP contribution in [0.25, 0.3) is 0 Å². The molecule has 0 aliphatic rings. The molecule has 0 atom stereocenters. The van der Waals surface area contributed by atoms with Crippen LogP contribution in [0.15, 0.2) is 60.7 Å². The van der Waals surface area contributed by atoms with Gasteiger partial charge in [-0.2, -0.15) is 0 Å². The van der Waals surface area contributed by atoms with Gasteiger partial charge in [-0.25, -0.2) is 0 Å². The number of rotatable bonds is 7. The van der Waals surface area contributed by atoms with Crippen LogP contribution in [-0.4, -0.2) is 19.1 Å². The molecule has 21 heavy (non-hydrogen) atoms. The van der Waals surface area contributed by atoms with E-state index in [1.54, 1.807) is 0 Å². The molecule has 0 radical (unpaired) electrons. The maximum atomic E-state index is 10.8. The van der Waals surface area contributed by atoms with Gasteiger partial charge < -0.3 is 9.64 Å². The Hall–Kier alpha value is -2.29. The Balaban J connectivity index is 1.99. The number of hydrogen-bond acceptors (Lipinski definition) is 3. The first-order valence-corrected chi connectivity index (χ1v) is 7.23. The van der Waals surface area contributed by atoms with E-state index in [4.69, 9.17) is 4.74 Å². The highest BCUT2D eigenvalue weighted by Gasteiger charge is 2.07. The highest BCUT2D eigenvalue weighted by Crippen LogP contribution is 2.17. The van der Waals surface area contributed by atoms with Gasteiger partial charge in [-0.05, 0) is 24.1 Å². The van der Waals surface area contributed by atoms with E-state index >= 15 is 0 Å². The molecule has 0 fully saturated rings. The van der Waals surface area contributed by atoms with Crippen LogP contribution in [0.5, 0.6) is 0 Å². The number of esters is 1. The number of benzene rings is 2. The first-order valence-electron chi connectivity index (χ1n) is 7.23. The second kappa shape index (κ2) is 8.10. The largest absolute Gasteiger partial charge is 0.466 e. The SMILES string of the molecule is CC(=O)OCCCN(Cc1ccccc1)c1ccccc1. The topological polar surface area (TPSA) is 29.5 Å². The summed E-state index contributed by atoms with van der Waals surface area (Å²) in [4.78, 5) is 13.1. The molecule has 0 bridgehead atoms. The number of carbonyl (C=O) groups is 1. The van der Waals surface area contributed by atoms with Crippen molar-refractivity contribution in [3.63, 3.8) is 0 Å². The fraction of sp³-hybridized carbons (Fsp3) is 0.278. The number of ether oxygens (including phenoxy) is 1. The molecule has 0 aliphatic heterocycles. The predicted octanol–water partition coefficient (Wildman–Crippen LogP) is 3.65. The molecule has 0 unspecified atom stereocenters. The highest BCUT2D eigenvalue weighted by atomic mass is 16.5. The van der Waals surface area contributed by atoms with Gasteiger partial charge in [0.2, 0.25) is 0 Å². The van der Waals surface area contributed by atoms with E-state index in [9.17, 15) is 4.79 Å². The van der Waals surface area contributed by atoms with E-state index in [0.717, 1.165) is 19.5 Å². The Morgan fingerprint density at radius 2 is 1.62 bits per heavy atom. The van der Waals surface area contributed by atoms with Crippen LogP contribution >= 0.6 is 0 Å². The van der Waals surface area contributed by atoms with E-state index in [1.165, 1.54) is 18.2 Å². The molecule has 0 heterocycles. The Bertz CT molecular complexity index is 540. The smallest absolute Gasteiger partial charge is 0.302 e. The fourth-order valence-corrected chi connectivity index (χ4v) is 2.21. The number of hydrogen-bond donors (Lipinski definition) is 0. The number of para-hydroxylation sites is 1. The molecule has 0 aromatic heterocycles. The zero-order valence-corrected chi connectivity index (χ0v) is 12.4. The zero-order valence-electron chi connectivity index (χ0n) is 12.4. The van der Waals surface area contributed by atoms with Crippen molar-refractivity contribution in [2.75, 3.05) is 18.1 Å². The molecule has 0 amide bonds. The van der Waals surface area contributed by atoms with Crippen LogP contribution in [0.2, 0.25) is 0 Å². The summed E-state index contributed by atoms with van der Waals surface area (Å²) in [6, 6.07) is 20.7. The third-order valence-electron chi connectivity index (χ3n) is 3.22. The normalized spacial score (nSPS) is 10.1. The van der Waals surface area contributed by atoms with Crippen molar-refractivity contribution in [3.8, 4) is 0 Å². The maximum Gasteiger partial charge on any atom is 0.302 e. The summed E-state index contributed by atoms with van der Waals surface area (Å²) in [5, 5.41) is 0. The molecule has 0 saturated carbocycles. The van der Waals surface area contributed by atoms with Crippen LogP contribution in [0, 0.1) is 0 Å². The van der Waals surface area contributed by atoms with Crippen molar-refractivity contribution in [1.82, 2.24) is 0 Å². The van der Waals surface area contributed by atoms with E-state index < -0.39 is 0 Å². The number of nitrogens with zero attached hydrogens (tertiary/aromatic N) is 1. The fourth-order valence-electron chi connectivity index (χ4n) is 2.21. The van der Waals surface area contributed by atoms with E-state index in [2.05, 4.69) is 41.3 Å². The Morgan fingerprint density at radius 3 is 2.24 bits per heavy atom. The van der Waals surface area contributed by atoms with Gasteiger partial charge >= 0.3 is 5.97 Å². The third-order valence-corrected chi connectivity index (χ3v) is 3.22. The molecule has 110 valence electrons. The maximum absolute atomic E-state index is 10.8. The molecular weight excluding hydrogens is 262 g/mol. The molecule has 0 N–H and O–H groups in total. The minimum atomic E-state index is -0.218. The van der Waals surface area contributed by atoms with Crippen LogP contribution in [0.3, 0.4) is 0 Å². The van der Waals surface area contributed by atoms with Crippen molar-refractivity contribution in [2.45, 2.75) is 19.9 Å². The molecule has 2 rings (SSSR count). The second-order valence-corrected chi connectivity index (χ2v) is 4.94. The van der Waals surface area contributed by atoms with E-state index in [1.807, 2.05) is 24.3 Å². The Labute approximate surface area is 126 Å².